The molecule has 90 valence electrons. The number of anilines is 1. The minimum Gasteiger partial charge on any atom is -0.360 e. The molecule has 0 aliphatic heterocycles. The largest absolute Gasteiger partial charge is 0.360 e. The zero-order valence-electron chi connectivity index (χ0n) is 9.58. The number of hydrogen-bond donors (Lipinski definition) is 2. The summed E-state index contributed by atoms with van der Waals surface area (Å²) < 4.78 is 0. The van der Waals surface area contributed by atoms with E-state index in [9.17, 15) is 0 Å². The molecule has 0 spiro atoms. The predicted octanol–water partition coefficient (Wildman–Crippen LogP) is 1.90. The number of aromatic nitrogens is 4. The van der Waals surface area contributed by atoms with Crippen molar-refractivity contribution in [1.29, 1.82) is 5.26 Å². The van der Waals surface area contributed by atoms with Crippen LogP contribution in [0.1, 0.15) is 5.82 Å². The number of aromatic amines is 1. The van der Waals surface area contributed by atoms with Gasteiger partial charge < -0.3 is 5.32 Å². The summed E-state index contributed by atoms with van der Waals surface area (Å²) in [5.41, 5.74) is 1.22. The molecule has 0 radical (unpaired) electrons. The zero-order chi connectivity index (χ0) is 12.8. The van der Waals surface area contributed by atoms with E-state index in [2.05, 4.69) is 25.9 Å². The fourth-order valence-corrected chi connectivity index (χ4v) is 1.75. The number of nitriles is 1. The number of allylic oxidation sites excluding steroid dienone is 1. The molecule has 2 N–H and O–H groups in total. The molecule has 0 aliphatic rings. The first-order valence-corrected chi connectivity index (χ1v) is 6.30. The van der Waals surface area contributed by atoms with E-state index >= 15 is 0 Å². The van der Waals surface area contributed by atoms with Crippen molar-refractivity contribution in [1.82, 2.24) is 20.6 Å². The highest BCUT2D eigenvalue weighted by molar-refractivity contribution is 7.98. The lowest BCUT2D eigenvalue weighted by atomic mass is 10.3. The van der Waals surface area contributed by atoms with Gasteiger partial charge in [-0.3, -0.25) is 0 Å². The van der Waals surface area contributed by atoms with Crippen LogP contribution in [-0.4, -0.2) is 26.9 Å². The molecule has 0 atom stereocenters. The Bertz CT molecular complexity index is 584. The van der Waals surface area contributed by atoms with Gasteiger partial charge >= 0.3 is 0 Å². The van der Waals surface area contributed by atoms with Gasteiger partial charge in [-0.2, -0.15) is 10.5 Å². The van der Waals surface area contributed by atoms with Crippen LogP contribution in [0.3, 0.4) is 0 Å². The van der Waals surface area contributed by atoms with Crippen LogP contribution < -0.4 is 5.32 Å². The number of nitrogens with zero attached hydrogens (tertiary/aromatic N) is 4. The Balaban J connectivity index is 2.16. The Labute approximate surface area is 108 Å². The lowest BCUT2D eigenvalue weighted by Crippen LogP contribution is -1.93. The fourth-order valence-electron chi connectivity index (χ4n) is 1.29. The van der Waals surface area contributed by atoms with Crippen molar-refractivity contribution in [3.63, 3.8) is 0 Å². The van der Waals surface area contributed by atoms with E-state index in [1.165, 1.54) is 0 Å². The van der Waals surface area contributed by atoms with E-state index in [0.717, 1.165) is 10.6 Å². The van der Waals surface area contributed by atoms with Crippen LogP contribution in [0.5, 0.6) is 0 Å². The van der Waals surface area contributed by atoms with Crippen LogP contribution in [0.15, 0.2) is 35.4 Å². The smallest absolute Gasteiger partial charge is 0.216 e. The minimum absolute atomic E-state index is 0.269. The average Bonchev–Trinajstić information content (AvgIpc) is 2.94. The molecule has 0 amide bonds. The molecular weight excluding hydrogens is 248 g/mol. The summed E-state index contributed by atoms with van der Waals surface area (Å²) in [4.78, 5) is 1.14. The van der Waals surface area contributed by atoms with Gasteiger partial charge in [-0.15, -0.1) is 22.0 Å². The maximum atomic E-state index is 8.99. The number of hydrogen-bond acceptors (Lipinski definition) is 6. The number of rotatable bonds is 4. The molecule has 0 unspecified atom stereocenters. The number of benzene rings is 1. The first-order chi connectivity index (χ1) is 8.83. The second-order valence-corrected chi connectivity index (χ2v) is 4.16. The summed E-state index contributed by atoms with van der Waals surface area (Å²) in [6.45, 7) is 0. The van der Waals surface area contributed by atoms with Crippen molar-refractivity contribution in [3.05, 3.63) is 36.3 Å². The van der Waals surface area contributed by atoms with Crippen LogP contribution in [0.4, 0.5) is 5.69 Å². The Morgan fingerprint density at radius 2 is 2.44 bits per heavy atom. The second kappa shape index (κ2) is 5.84. The standard InChI is InChI=1S/C11H10N6S/c1-18-10-4-2-3-9(5-10)13-7-8(6-12)11-14-16-17-15-11/h2-5,7,13H,1H3,(H,14,15,16,17). The molecular formula is C11H10N6S. The van der Waals surface area contributed by atoms with Gasteiger partial charge in [0.1, 0.15) is 11.6 Å². The summed E-state index contributed by atoms with van der Waals surface area (Å²) in [5, 5.41) is 25.3. The quantitative estimate of drug-likeness (QED) is 0.643. The van der Waals surface area contributed by atoms with Crippen LogP contribution in [0, 0.1) is 11.3 Å². The molecule has 1 heterocycles. The number of thioether (sulfide) groups is 1. The molecule has 0 saturated heterocycles. The van der Waals surface area contributed by atoms with Crippen LogP contribution >= 0.6 is 11.8 Å². The highest BCUT2D eigenvalue weighted by Gasteiger charge is 2.05. The first-order valence-electron chi connectivity index (χ1n) is 5.08. The van der Waals surface area contributed by atoms with E-state index in [1.54, 1.807) is 18.0 Å². The predicted molar refractivity (Wildman–Crippen MR) is 69.6 cm³/mol. The molecule has 6 nitrogen and oxygen atoms in total. The Morgan fingerprint density at radius 3 is 3.11 bits per heavy atom. The summed E-state index contributed by atoms with van der Waals surface area (Å²) in [6, 6.07) is 9.89. The van der Waals surface area contributed by atoms with Gasteiger partial charge in [-0.1, -0.05) is 6.07 Å². The first kappa shape index (κ1) is 12.1. The Morgan fingerprint density at radius 1 is 1.56 bits per heavy atom. The molecule has 0 fully saturated rings. The van der Waals surface area contributed by atoms with E-state index < -0.39 is 0 Å². The van der Waals surface area contributed by atoms with E-state index in [-0.39, 0.29) is 5.82 Å². The van der Waals surface area contributed by atoms with Gasteiger partial charge in [0, 0.05) is 16.8 Å². The minimum atomic E-state index is 0.269. The molecule has 2 aromatic rings. The van der Waals surface area contributed by atoms with Crippen molar-refractivity contribution < 1.29 is 0 Å². The number of nitrogens with one attached hydrogen (secondary N) is 2. The normalized spacial score (nSPS) is 11.0. The van der Waals surface area contributed by atoms with Gasteiger partial charge in [0.2, 0.25) is 5.82 Å². The van der Waals surface area contributed by atoms with Crippen molar-refractivity contribution in [3.8, 4) is 6.07 Å². The summed E-state index contributed by atoms with van der Waals surface area (Å²) in [5.74, 6) is 0.269. The highest BCUT2D eigenvalue weighted by Crippen LogP contribution is 2.19. The van der Waals surface area contributed by atoms with Gasteiger partial charge in [0.15, 0.2) is 0 Å². The number of tetrazole rings is 1. The molecule has 0 saturated carbocycles. The third-order valence-electron chi connectivity index (χ3n) is 2.16. The number of H-pyrrole nitrogens is 1. The summed E-state index contributed by atoms with van der Waals surface area (Å²) in [6.07, 6.45) is 3.57. The van der Waals surface area contributed by atoms with Crippen molar-refractivity contribution in [2.24, 2.45) is 0 Å². The fraction of sp³-hybridized carbons (Fsp3) is 0.0909. The monoisotopic (exact) mass is 258 g/mol. The topological polar surface area (TPSA) is 90.3 Å². The molecule has 18 heavy (non-hydrogen) atoms. The molecule has 1 aromatic carbocycles. The third-order valence-corrected chi connectivity index (χ3v) is 2.88. The highest BCUT2D eigenvalue weighted by atomic mass is 32.2. The summed E-state index contributed by atoms with van der Waals surface area (Å²) in [7, 11) is 0. The van der Waals surface area contributed by atoms with E-state index in [0.29, 0.717) is 5.57 Å². The molecule has 0 aliphatic carbocycles. The lowest BCUT2D eigenvalue weighted by Gasteiger charge is -2.02. The van der Waals surface area contributed by atoms with Crippen LogP contribution in [0.25, 0.3) is 5.57 Å². The van der Waals surface area contributed by atoms with E-state index in [1.807, 2.05) is 36.6 Å². The SMILES string of the molecule is CSc1cccc(NC=C(C#N)c2nn[nH]n2)c1. The van der Waals surface area contributed by atoms with Gasteiger partial charge in [0.25, 0.3) is 0 Å². The molecule has 2 rings (SSSR count). The Hall–Kier alpha value is -2.33. The maximum Gasteiger partial charge on any atom is 0.216 e. The molecule has 1 aromatic heterocycles. The summed E-state index contributed by atoms with van der Waals surface area (Å²) >= 11 is 1.66. The average molecular weight is 258 g/mol. The Kier molecular flexibility index (Phi) is 3.94. The molecule has 7 heteroatoms. The van der Waals surface area contributed by atoms with Crippen LogP contribution in [0.2, 0.25) is 0 Å². The second-order valence-electron chi connectivity index (χ2n) is 3.28. The lowest BCUT2D eigenvalue weighted by molar-refractivity contribution is 0.881. The van der Waals surface area contributed by atoms with Gasteiger partial charge in [-0.25, -0.2) is 0 Å². The van der Waals surface area contributed by atoms with Crippen molar-refractivity contribution in [2.45, 2.75) is 4.90 Å². The maximum absolute atomic E-state index is 8.99. The molecule has 0 bridgehead atoms. The third kappa shape index (κ3) is 2.87. The van der Waals surface area contributed by atoms with Crippen molar-refractivity contribution in [2.75, 3.05) is 11.6 Å². The zero-order valence-corrected chi connectivity index (χ0v) is 10.4. The van der Waals surface area contributed by atoms with Crippen LogP contribution in [-0.2, 0) is 0 Å². The van der Waals surface area contributed by atoms with Gasteiger partial charge in [0.05, 0.1) is 0 Å². The van der Waals surface area contributed by atoms with Crippen molar-refractivity contribution >= 4 is 23.0 Å². The van der Waals surface area contributed by atoms with E-state index in [4.69, 9.17) is 5.26 Å². The van der Waals surface area contributed by atoms with Gasteiger partial charge in [-0.05, 0) is 29.7 Å².